The summed E-state index contributed by atoms with van der Waals surface area (Å²) < 4.78 is 16.1. The molecule has 2 aliphatic heterocycles. The van der Waals surface area contributed by atoms with Crippen LogP contribution >= 0.6 is 0 Å². The Labute approximate surface area is 169 Å². The van der Waals surface area contributed by atoms with Gasteiger partial charge in [0.25, 0.3) is 0 Å². The fraction of sp³-hybridized carbons (Fsp3) is 0.727. The van der Waals surface area contributed by atoms with E-state index in [0.29, 0.717) is 17.2 Å². The molecular formula is C22H36N2O4. The smallest absolute Gasteiger partial charge is 0.203 e. The lowest BCUT2D eigenvalue weighted by molar-refractivity contribution is 0.0480. The molecule has 0 aromatic heterocycles. The molecule has 6 nitrogen and oxygen atoms in total. The highest BCUT2D eigenvalue weighted by Gasteiger charge is 2.28. The maximum absolute atomic E-state index is 10.6. The van der Waals surface area contributed by atoms with Gasteiger partial charge in [-0.2, -0.15) is 0 Å². The quantitative estimate of drug-likeness (QED) is 0.652. The number of methoxy groups -OCH3 is 3. The van der Waals surface area contributed by atoms with Crippen molar-refractivity contribution in [2.75, 3.05) is 54.1 Å². The SMILES string of the molecule is COc1cc(C(O)CCCCN2CCN3CCCCC3C2)cc(OC)c1OC. The Hall–Kier alpha value is -1.50. The Morgan fingerprint density at radius 3 is 2.43 bits per heavy atom. The first-order chi connectivity index (χ1) is 13.7. The van der Waals surface area contributed by atoms with E-state index in [9.17, 15) is 5.11 Å². The van der Waals surface area contributed by atoms with Gasteiger partial charge in [0.15, 0.2) is 11.5 Å². The van der Waals surface area contributed by atoms with Crippen LogP contribution in [-0.2, 0) is 0 Å². The zero-order valence-corrected chi connectivity index (χ0v) is 17.7. The molecule has 6 heteroatoms. The Morgan fingerprint density at radius 2 is 1.75 bits per heavy atom. The molecule has 0 bridgehead atoms. The van der Waals surface area contributed by atoms with Crippen molar-refractivity contribution >= 4 is 0 Å². The zero-order valence-electron chi connectivity index (χ0n) is 17.7. The first-order valence-electron chi connectivity index (χ1n) is 10.6. The maximum Gasteiger partial charge on any atom is 0.203 e. The van der Waals surface area contributed by atoms with E-state index < -0.39 is 6.10 Å². The number of hydrogen-bond acceptors (Lipinski definition) is 6. The van der Waals surface area contributed by atoms with Crippen LogP contribution in [0.2, 0.25) is 0 Å². The van der Waals surface area contributed by atoms with Crippen LogP contribution < -0.4 is 14.2 Å². The number of piperidine rings is 1. The number of rotatable bonds is 9. The lowest BCUT2D eigenvalue weighted by atomic mass is 9.99. The predicted molar refractivity (Wildman–Crippen MR) is 111 cm³/mol. The van der Waals surface area contributed by atoms with E-state index in [1.807, 2.05) is 12.1 Å². The normalized spacial score (nSPS) is 21.8. The van der Waals surface area contributed by atoms with Crippen molar-refractivity contribution in [1.29, 1.82) is 0 Å². The number of piperazine rings is 1. The van der Waals surface area contributed by atoms with Crippen molar-refractivity contribution < 1.29 is 19.3 Å². The number of nitrogens with zero attached hydrogens (tertiary/aromatic N) is 2. The van der Waals surface area contributed by atoms with E-state index >= 15 is 0 Å². The first-order valence-corrected chi connectivity index (χ1v) is 10.6. The van der Waals surface area contributed by atoms with Gasteiger partial charge < -0.3 is 24.2 Å². The lowest BCUT2D eigenvalue weighted by Crippen LogP contribution is -2.54. The van der Waals surface area contributed by atoms with Gasteiger partial charge in [-0.25, -0.2) is 0 Å². The highest BCUT2D eigenvalue weighted by molar-refractivity contribution is 5.54. The minimum Gasteiger partial charge on any atom is -0.493 e. The summed E-state index contributed by atoms with van der Waals surface area (Å²) in [7, 11) is 4.78. The van der Waals surface area contributed by atoms with Gasteiger partial charge in [0.05, 0.1) is 27.4 Å². The van der Waals surface area contributed by atoms with E-state index in [4.69, 9.17) is 14.2 Å². The number of hydrogen-bond donors (Lipinski definition) is 1. The minimum absolute atomic E-state index is 0.524. The number of ether oxygens (including phenoxy) is 3. The van der Waals surface area contributed by atoms with E-state index in [-0.39, 0.29) is 0 Å². The first kappa shape index (κ1) is 21.2. The number of aliphatic hydroxyl groups excluding tert-OH is 1. The van der Waals surface area contributed by atoms with Gasteiger partial charge in [0, 0.05) is 25.7 Å². The standard InChI is InChI=1S/C22H36N2O4/c1-26-20-14-17(15-21(27-2)22(20)28-3)19(25)9-5-6-10-23-12-13-24-11-7-4-8-18(24)16-23/h14-15,18-19,25H,4-13,16H2,1-3H3. The number of benzene rings is 1. The fourth-order valence-corrected chi connectivity index (χ4v) is 4.56. The second-order valence-corrected chi connectivity index (χ2v) is 7.96. The van der Waals surface area contributed by atoms with Crippen LogP contribution in [0.15, 0.2) is 12.1 Å². The Kier molecular flexibility index (Phi) is 7.82. The Morgan fingerprint density at radius 1 is 1.00 bits per heavy atom. The summed E-state index contributed by atoms with van der Waals surface area (Å²) in [4.78, 5) is 5.28. The van der Waals surface area contributed by atoms with E-state index in [1.165, 1.54) is 45.4 Å². The van der Waals surface area contributed by atoms with E-state index in [0.717, 1.165) is 37.4 Å². The molecule has 2 fully saturated rings. The van der Waals surface area contributed by atoms with Gasteiger partial charge in [-0.3, -0.25) is 4.90 Å². The minimum atomic E-state index is -0.524. The molecule has 3 rings (SSSR count). The summed E-state index contributed by atoms with van der Waals surface area (Å²) in [6.45, 7) is 6.05. The van der Waals surface area contributed by atoms with Crippen molar-refractivity contribution in [1.82, 2.24) is 9.80 Å². The predicted octanol–water partition coefficient (Wildman–Crippen LogP) is 3.09. The molecule has 2 heterocycles. The summed E-state index contributed by atoms with van der Waals surface area (Å²) >= 11 is 0. The summed E-state index contributed by atoms with van der Waals surface area (Å²) in [6.07, 6.45) is 6.45. The summed E-state index contributed by atoms with van der Waals surface area (Å²) in [5.41, 5.74) is 0.810. The van der Waals surface area contributed by atoms with E-state index in [2.05, 4.69) is 9.80 Å². The molecule has 0 saturated carbocycles. The third-order valence-corrected chi connectivity index (χ3v) is 6.20. The van der Waals surface area contributed by atoms with Gasteiger partial charge in [-0.15, -0.1) is 0 Å². The number of unbranched alkanes of at least 4 members (excludes halogenated alkanes) is 1. The van der Waals surface area contributed by atoms with Crippen LogP contribution in [0.5, 0.6) is 17.2 Å². The second-order valence-electron chi connectivity index (χ2n) is 7.96. The molecule has 1 aromatic rings. The highest BCUT2D eigenvalue weighted by atomic mass is 16.5. The van der Waals surface area contributed by atoms with Gasteiger partial charge in [-0.05, 0) is 62.9 Å². The van der Waals surface area contributed by atoms with Crippen LogP contribution in [0.1, 0.15) is 50.2 Å². The van der Waals surface area contributed by atoms with Crippen LogP contribution in [0.3, 0.4) is 0 Å². The van der Waals surface area contributed by atoms with Gasteiger partial charge >= 0.3 is 0 Å². The van der Waals surface area contributed by atoms with Crippen molar-refractivity contribution in [3.63, 3.8) is 0 Å². The molecule has 0 radical (unpaired) electrons. The van der Waals surface area contributed by atoms with Crippen LogP contribution in [0.4, 0.5) is 0 Å². The third kappa shape index (κ3) is 5.10. The number of fused-ring (bicyclic) bond motifs is 1. The molecule has 2 unspecified atom stereocenters. The maximum atomic E-state index is 10.6. The summed E-state index contributed by atoms with van der Waals surface area (Å²) in [5, 5.41) is 10.6. The molecule has 0 aliphatic carbocycles. The van der Waals surface area contributed by atoms with Crippen molar-refractivity contribution in [3.8, 4) is 17.2 Å². The fourth-order valence-electron chi connectivity index (χ4n) is 4.56. The topological polar surface area (TPSA) is 54.4 Å². The van der Waals surface area contributed by atoms with Crippen molar-refractivity contribution in [2.24, 2.45) is 0 Å². The molecule has 0 spiro atoms. The largest absolute Gasteiger partial charge is 0.493 e. The van der Waals surface area contributed by atoms with Crippen LogP contribution in [0, 0.1) is 0 Å². The summed E-state index contributed by atoms with van der Waals surface area (Å²) in [5.74, 6) is 1.73. The highest BCUT2D eigenvalue weighted by Crippen LogP contribution is 2.40. The molecule has 28 heavy (non-hydrogen) atoms. The average Bonchev–Trinajstić information content (AvgIpc) is 2.75. The zero-order chi connectivity index (χ0) is 19.9. The second kappa shape index (κ2) is 10.3. The molecule has 2 atom stereocenters. The monoisotopic (exact) mass is 392 g/mol. The average molecular weight is 393 g/mol. The van der Waals surface area contributed by atoms with Crippen molar-refractivity contribution in [2.45, 2.75) is 50.7 Å². The van der Waals surface area contributed by atoms with Gasteiger partial charge in [-0.1, -0.05) is 6.42 Å². The number of aliphatic hydroxyl groups is 1. The van der Waals surface area contributed by atoms with Crippen LogP contribution in [-0.4, -0.2) is 75.0 Å². The molecule has 0 amide bonds. The molecule has 1 aromatic carbocycles. The third-order valence-electron chi connectivity index (χ3n) is 6.20. The van der Waals surface area contributed by atoms with Gasteiger partial charge in [0.1, 0.15) is 0 Å². The van der Waals surface area contributed by atoms with Crippen LogP contribution in [0.25, 0.3) is 0 Å². The van der Waals surface area contributed by atoms with Gasteiger partial charge in [0.2, 0.25) is 5.75 Å². The molecular weight excluding hydrogens is 356 g/mol. The van der Waals surface area contributed by atoms with E-state index in [1.54, 1.807) is 21.3 Å². The Bertz CT molecular complexity index is 600. The molecule has 2 saturated heterocycles. The molecule has 2 aliphatic rings. The van der Waals surface area contributed by atoms with Crippen molar-refractivity contribution in [3.05, 3.63) is 17.7 Å². The Balaban J connectivity index is 1.46. The molecule has 1 N–H and O–H groups in total. The lowest BCUT2D eigenvalue weighted by Gasteiger charge is -2.44. The molecule has 158 valence electrons. The summed E-state index contributed by atoms with van der Waals surface area (Å²) in [6, 6.07) is 4.45.